The summed E-state index contributed by atoms with van der Waals surface area (Å²) in [6, 6.07) is 4.63. The molecule has 0 spiro atoms. The van der Waals surface area contributed by atoms with Crippen LogP contribution in [0.5, 0.6) is 11.5 Å². The predicted molar refractivity (Wildman–Crippen MR) is 60.7 cm³/mol. The quantitative estimate of drug-likeness (QED) is 0.746. The molecule has 0 unspecified atom stereocenters. The Kier molecular flexibility index (Phi) is 5.26. The molecule has 1 aromatic carbocycles. The maximum atomic E-state index is 12.0. The van der Waals surface area contributed by atoms with Crippen LogP contribution in [0.25, 0.3) is 0 Å². The van der Waals surface area contributed by atoms with Gasteiger partial charge in [0.2, 0.25) is 0 Å². The van der Waals surface area contributed by atoms with Crippen LogP contribution in [0.1, 0.15) is 23.7 Å². The Morgan fingerprint density at radius 3 is 2.76 bits per heavy atom. The molecule has 1 N–H and O–H groups in total. The molecule has 0 bridgehead atoms. The van der Waals surface area contributed by atoms with Crippen LogP contribution in [0.3, 0.4) is 0 Å². The lowest BCUT2D eigenvalue weighted by Gasteiger charge is -2.13. The van der Waals surface area contributed by atoms with Crippen molar-refractivity contribution in [2.24, 2.45) is 0 Å². The van der Waals surface area contributed by atoms with Gasteiger partial charge in [0.05, 0.1) is 19.9 Å². The molecular formula is C12H15FO4. The molecule has 0 saturated heterocycles. The van der Waals surface area contributed by atoms with Crippen molar-refractivity contribution in [2.75, 3.05) is 19.9 Å². The smallest absolute Gasteiger partial charge is 0.339 e. The summed E-state index contributed by atoms with van der Waals surface area (Å²) in [5.41, 5.74) is 0.0230. The van der Waals surface area contributed by atoms with Crippen molar-refractivity contribution in [1.82, 2.24) is 0 Å². The van der Waals surface area contributed by atoms with Gasteiger partial charge in [-0.25, -0.2) is 4.79 Å². The summed E-state index contributed by atoms with van der Waals surface area (Å²) in [4.78, 5) is 11.0. The van der Waals surface area contributed by atoms with E-state index in [1.165, 1.54) is 6.07 Å². The fourth-order valence-electron chi connectivity index (χ4n) is 1.33. The average molecular weight is 242 g/mol. The first-order valence-electron chi connectivity index (χ1n) is 5.38. The number of carboxylic acid groups (broad SMARTS) is 1. The second kappa shape index (κ2) is 6.73. The number of aromatic carboxylic acids is 1. The van der Waals surface area contributed by atoms with Crippen molar-refractivity contribution in [1.29, 1.82) is 0 Å². The monoisotopic (exact) mass is 242 g/mol. The lowest BCUT2D eigenvalue weighted by Crippen LogP contribution is -2.07. The summed E-state index contributed by atoms with van der Waals surface area (Å²) in [5.74, 6) is -0.566. The van der Waals surface area contributed by atoms with E-state index in [0.717, 1.165) is 0 Å². The summed E-state index contributed by atoms with van der Waals surface area (Å²) in [5, 5.41) is 9.01. The largest absolute Gasteiger partial charge is 0.490 e. The normalized spacial score (nSPS) is 10.0. The summed E-state index contributed by atoms with van der Waals surface area (Å²) in [7, 11) is 0. The standard InChI is InChI=1S/C12H15FO4/c1-2-16-10-6-3-5-9(12(14)15)11(10)17-8-4-7-13/h3,5-6H,2,4,7-8H2,1H3,(H,14,15). The molecule has 0 saturated carbocycles. The SMILES string of the molecule is CCOc1cccc(C(=O)O)c1OCCCF. The van der Waals surface area contributed by atoms with Gasteiger partial charge in [0.25, 0.3) is 0 Å². The Morgan fingerprint density at radius 1 is 1.41 bits per heavy atom. The molecule has 0 heterocycles. The van der Waals surface area contributed by atoms with Crippen LogP contribution in [0, 0.1) is 0 Å². The Labute approximate surface area is 99.0 Å². The molecule has 4 nitrogen and oxygen atoms in total. The summed E-state index contributed by atoms with van der Waals surface area (Å²) < 4.78 is 22.5. The zero-order valence-electron chi connectivity index (χ0n) is 9.61. The second-order valence-electron chi connectivity index (χ2n) is 3.26. The van der Waals surface area contributed by atoms with Crippen molar-refractivity contribution in [3.63, 3.8) is 0 Å². The molecule has 17 heavy (non-hydrogen) atoms. The lowest BCUT2D eigenvalue weighted by molar-refractivity contribution is 0.0691. The number of hydrogen-bond donors (Lipinski definition) is 1. The molecule has 0 radical (unpaired) electrons. The number of carboxylic acids is 1. The first-order chi connectivity index (χ1) is 8.20. The van der Waals surface area contributed by atoms with Gasteiger partial charge < -0.3 is 14.6 Å². The highest BCUT2D eigenvalue weighted by Crippen LogP contribution is 2.31. The number of hydrogen-bond acceptors (Lipinski definition) is 3. The topological polar surface area (TPSA) is 55.8 Å². The van der Waals surface area contributed by atoms with Crippen molar-refractivity contribution in [2.45, 2.75) is 13.3 Å². The maximum Gasteiger partial charge on any atom is 0.339 e. The minimum atomic E-state index is -1.10. The van der Waals surface area contributed by atoms with Crippen molar-refractivity contribution < 1.29 is 23.8 Å². The Balaban J connectivity index is 2.96. The van der Waals surface area contributed by atoms with Gasteiger partial charge in [-0.15, -0.1) is 0 Å². The summed E-state index contributed by atoms with van der Waals surface area (Å²) >= 11 is 0. The number of halogens is 1. The maximum absolute atomic E-state index is 12.0. The summed E-state index contributed by atoms with van der Waals surface area (Å²) in [6.07, 6.45) is 0.222. The fraction of sp³-hybridized carbons (Fsp3) is 0.417. The van der Waals surface area contributed by atoms with Crippen molar-refractivity contribution in [3.05, 3.63) is 23.8 Å². The lowest BCUT2D eigenvalue weighted by atomic mass is 10.2. The van der Waals surface area contributed by atoms with E-state index in [0.29, 0.717) is 12.4 Å². The average Bonchev–Trinajstić information content (AvgIpc) is 2.31. The molecule has 1 aromatic rings. The van der Waals surface area contributed by atoms with Crippen LogP contribution >= 0.6 is 0 Å². The van der Waals surface area contributed by atoms with E-state index in [2.05, 4.69) is 0 Å². The first-order valence-corrected chi connectivity index (χ1v) is 5.38. The van der Waals surface area contributed by atoms with E-state index in [9.17, 15) is 9.18 Å². The van der Waals surface area contributed by atoms with Crippen molar-refractivity contribution >= 4 is 5.97 Å². The van der Waals surface area contributed by atoms with E-state index < -0.39 is 12.6 Å². The number of para-hydroxylation sites is 1. The minimum Gasteiger partial charge on any atom is -0.490 e. The third-order valence-electron chi connectivity index (χ3n) is 2.03. The molecule has 0 amide bonds. The van der Waals surface area contributed by atoms with Gasteiger partial charge in [-0.3, -0.25) is 4.39 Å². The Morgan fingerprint density at radius 2 is 2.18 bits per heavy atom. The second-order valence-corrected chi connectivity index (χ2v) is 3.26. The number of alkyl halides is 1. The van der Waals surface area contributed by atoms with E-state index >= 15 is 0 Å². The number of rotatable bonds is 7. The molecule has 0 aliphatic rings. The van der Waals surface area contributed by atoms with Gasteiger partial charge in [-0.2, -0.15) is 0 Å². The molecule has 1 rings (SSSR count). The van der Waals surface area contributed by atoms with Crippen LogP contribution in [0.15, 0.2) is 18.2 Å². The van der Waals surface area contributed by atoms with Crippen LogP contribution in [0.2, 0.25) is 0 Å². The molecule has 0 atom stereocenters. The van der Waals surface area contributed by atoms with E-state index in [-0.39, 0.29) is 24.3 Å². The molecule has 5 heteroatoms. The first kappa shape index (κ1) is 13.3. The van der Waals surface area contributed by atoms with Gasteiger partial charge >= 0.3 is 5.97 Å². The zero-order valence-corrected chi connectivity index (χ0v) is 9.61. The Bertz CT molecular complexity index is 379. The van der Waals surface area contributed by atoms with Crippen LogP contribution in [-0.4, -0.2) is 31.0 Å². The molecule has 0 fully saturated rings. The van der Waals surface area contributed by atoms with Gasteiger partial charge in [0.1, 0.15) is 5.56 Å². The number of ether oxygens (including phenoxy) is 2. The van der Waals surface area contributed by atoms with E-state index in [1.54, 1.807) is 19.1 Å². The third kappa shape index (κ3) is 3.62. The molecule has 0 aliphatic heterocycles. The van der Waals surface area contributed by atoms with Gasteiger partial charge in [-0.05, 0) is 19.1 Å². The number of carbonyl (C=O) groups is 1. The summed E-state index contributed by atoms with van der Waals surface area (Å²) in [6.45, 7) is 1.82. The van der Waals surface area contributed by atoms with Crippen molar-refractivity contribution in [3.8, 4) is 11.5 Å². The van der Waals surface area contributed by atoms with Gasteiger partial charge in [-0.1, -0.05) is 6.07 Å². The molecule has 0 aromatic heterocycles. The molecule has 0 aliphatic carbocycles. The van der Waals surface area contributed by atoms with Gasteiger partial charge in [0, 0.05) is 6.42 Å². The van der Waals surface area contributed by atoms with Crippen LogP contribution in [0.4, 0.5) is 4.39 Å². The highest BCUT2D eigenvalue weighted by Gasteiger charge is 2.16. The highest BCUT2D eigenvalue weighted by molar-refractivity contribution is 5.92. The fourth-order valence-corrected chi connectivity index (χ4v) is 1.33. The van der Waals surface area contributed by atoms with E-state index in [4.69, 9.17) is 14.6 Å². The highest BCUT2D eigenvalue weighted by atomic mass is 19.1. The van der Waals surface area contributed by atoms with Crippen LogP contribution < -0.4 is 9.47 Å². The minimum absolute atomic E-state index is 0.0230. The zero-order chi connectivity index (χ0) is 12.7. The third-order valence-corrected chi connectivity index (χ3v) is 2.03. The van der Waals surface area contributed by atoms with Gasteiger partial charge in [0.15, 0.2) is 11.5 Å². The van der Waals surface area contributed by atoms with Crippen LogP contribution in [-0.2, 0) is 0 Å². The molecule has 94 valence electrons. The molecular weight excluding hydrogens is 227 g/mol. The number of benzene rings is 1. The predicted octanol–water partition coefficient (Wildman–Crippen LogP) is 2.52. The Hall–Kier alpha value is -1.78. The van der Waals surface area contributed by atoms with E-state index in [1.807, 2.05) is 0 Å².